The summed E-state index contributed by atoms with van der Waals surface area (Å²) in [4.78, 5) is 0.222. The molecule has 0 aromatic carbocycles. The third kappa shape index (κ3) is 3.27. The lowest BCUT2D eigenvalue weighted by Crippen LogP contribution is -2.12. The van der Waals surface area contributed by atoms with Crippen molar-refractivity contribution in [3.8, 4) is 0 Å². The lowest BCUT2D eigenvalue weighted by Gasteiger charge is -2.05. The van der Waals surface area contributed by atoms with Crippen molar-refractivity contribution < 1.29 is 8.42 Å². The summed E-state index contributed by atoms with van der Waals surface area (Å²) in [5, 5.41) is 4.12. The number of nitrogens with one attached hydrogen (secondary N) is 1. The number of nitrogens with zero attached hydrogens (tertiary/aromatic N) is 3. The van der Waals surface area contributed by atoms with Crippen LogP contribution in [-0.2, 0) is 30.2 Å². The minimum absolute atomic E-state index is 0.222. The number of aryl methyl sites for hydroxylation is 3. The topological polar surface area (TPSA) is 94.9 Å². The van der Waals surface area contributed by atoms with Crippen molar-refractivity contribution in [1.82, 2.24) is 14.3 Å². The SMILES string of the molecule is CCCn1cc(S(=O)(=O)Nc2cn(C)nc2C)cc1CN. The van der Waals surface area contributed by atoms with Gasteiger partial charge in [-0.15, -0.1) is 0 Å². The molecule has 2 heterocycles. The van der Waals surface area contributed by atoms with Gasteiger partial charge in [0, 0.05) is 38.2 Å². The molecule has 8 heteroatoms. The molecule has 3 N–H and O–H groups in total. The van der Waals surface area contributed by atoms with Gasteiger partial charge in [0.2, 0.25) is 0 Å². The molecule has 7 nitrogen and oxygen atoms in total. The number of hydrogen-bond donors (Lipinski definition) is 2. The van der Waals surface area contributed by atoms with Crippen molar-refractivity contribution in [3.05, 3.63) is 29.8 Å². The van der Waals surface area contributed by atoms with Crippen LogP contribution < -0.4 is 10.5 Å². The lowest BCUT2D eigenvalue weighted by atomic mass is 10.4. The number of nitrogens with two attached hydrogens (primary N) is 1. The molecule has 2 aromatic rings. The van der Waals surface area contributed by atoms with Crippen molar-refractivity contribution in [2.24, 2.45) is 12.8 Å². The molecule has 0 fully saturated rings. The number of sulfonamides is 1. The normalized spacial score (nSPS) is 11.8. The molecule has 0 radical (unpaired) electrons. The third-order valence-electron chi connectivity index (χ3n) is 3.20. The molecule has 0 saturated heterocycles. The van der Waals surface area contributed by atoms with Crippen LogP contribution in [0.15, 0.2) is 23.4 Å². The maximum atomic E-state index is 12.4. The summed E-state index contributed by atoms with van der Waals surface area (Å²) in [5.41, 5.74) is 7.59. The van der Waals surface area contributed by atoms with Gasteiger partial charge in [0.1, 0.15) is 4.90 Å². The number of hydrogen-bond acceptors (Lipinski definition) is 4. The maximum absolute atomic E-state index is 12.4. The summed E-state index contributed by atoms with van der Waals surface area (Å²) in [6.07, 6.45) is 4.18. The zero-order chi connectivity index (χ0) is 15.6. The van der Waals surface area contributed by atoms with E-state index in [1.165, 1.54) is 0 Å². The van der Waals surface area contributed by atoms with E-state index >= 15 is 0 Å². The summed E-state index contributed by atoms with van der Waals surface area (Å²) in [6, 6.07) is 1.61. The first-order valence-corrected chi connectivity index (χ1v) is 8.28. The molecule has 2 aromatic heterocycles. The van der Waals surface area contributed by atoms with Gasteiger partial charge in [0.05, 0.1) is 11.4 Å². The first-order valence-electron chi connectivity index (χ1n) is 6.79. The Morgan fingerprint density at radius 2 is 2.10 bits per heavy atom. The monoisotopic (exact) mass is 311 g/mol. The summed E-state index contributed by atoms with van der Waals surface area (Å²) in [5.74, 6) is 0. The Balaban J connectivity index is 2.33. The zero-order valence-electron chi connectivity index (χ0n) is 12.5. The quantitative estimate of drug-likeness (QED) is 0.838. The number of anilines is 1. The fourth-order valence-corrected chi connectivity index (χ4v) is 3.36. The van der Waals surface area contributed by atoms with Crippen LogP contribution in [0.2, 0.25) is 0 Å². The van der Waals surface area contributed by atoms with E-state index in [2.05, 4.69) is 9.82 Å². The Morgan fingerprint density at radius 3 is 2.62 bits per heavy atom. The Labute approximate surface area is 124 Å². The van der Waals surface area contributed by atoms with Crippen molar-refractivity contribution >= 4 is 15.7 Å². The molecule has 0 atom stereocenters. The highest BCUT2D eigenvalue weighted by Crippen LogP contribution is 2.20. The highest BCUT2D eigenvalue weighted by atomic mass is 32.2. The van der Waals surface area contributed by atoms with Gasteiger partial charge in [-0.25, -0.2) is 8.42 Å². The van der Waals surface area contributed by atoms with E-state index in [4.69, 9.17) is 5.73 Å². The van der Waals surface area contributed by atoms with Crippen LogP contribution in [0.4, 0.5) is 5.69 Å². The molecule has 0 unspecified atom stereocenters. The predicted molar refractivity (Wildman–Crippen MR) is 81.4 cm³/mol. The largest absolute Gasteiger partial charge is 0.349 e. The van der Waals surface area contributed by atoms with Crippen LogP contribution in [0.25, 0.3) is 0 Å². The van der Waals surface area contributed by atoms with Gasteiger partial charge in [0.15, 0.2) is 0 Å². The number of aromatic nitrogens is 3. The molecule has 116 valence electrons. The van der Waals surface area contributed by atoms with Gasteiger partial charge >= 0.3 is 0 Å². The lowest BCUT2D eigenvalue weighted by molar-refractivity contribution is 0.600. The second kappa shape index (κ2) is 5.90. The van der Waals surface area contributed by atoms with Crippen molar-refractivity contribution in [2.45, 2.75) is 38.3 Å². The van der Waals surface area contributed by atoms with Crippen LogP contribution in [0.5, 0.6) is 0 Å². The van der Waals surface area contributed by atoms with Gasteiger partial charge < -0.3 is 10.3 Å². The first kappa shape index (κ1) is 15.6. The summed E-state index contributed by atoms with van der Waals surface area (Å²) in [7, 11) is -1.89. The smallest absolute Gasteiger partial charge is 0.263 e. The Morgan fingerprint density at radius 1 is 1.38 bits per heavy atom. The van der Waals surface area contributed by atoms with E-state index < -0.39 is 10.0 Å². The molecule has 0 spiro atoms. The molecular formula is C13H21N5O2S. The van der Waals surface area contributed by atoms with Crippen molar-refractivity contribution in [2.75, 3.05) is 4.72 Å². The molecule has 0 aliphatic heterocycles. The van der Waals surface area contributed by atoms with Gasteiger partial charge in [-0.3, -0.25) is 9.40 Å². The van der Waals surface area contributed by atoms with Crippen molar-refractivity contribution in [1.29, 1.82) is 0 Å². The fraction of sp³-hybridized carbons (Fsp3) is 0.462. The molecule has 0 bridgehead atoms. The van der Waals surface area contributed by atoms with E-state index in [-0.39, 0.29) is 4.90 Å². The zero-order valence-corrected chi connectivity index (χ0v) is 13.3. The number of rotatable bonds is 6. The second-order valence-corrected chi connectivity index (χ2v) is 6.65. The third-order valence-corrected chi connectivity index (χ3v) is 4.54. The highest BCUT2D eigenvalue weighted by Gasteiger charge is 2.19. The van der Waals surface area contributed by atoms with Crippen LogP contribution in [0.1, 0.15) is 24.7 Å². The maximum Gasteiger partial charge on any atom is 0.263 e. The standard InChI is InChI=1S/C13H21N5O2S/c1-4-5-18-8-12(6-11(18)7-14)21(19,20)16-13-9-17(3)15-10(13)2/h6,8-9,16H,4-5,7,14H2,1-3H3. The van der Waals surface area contributed by atoms with Crippen LogP contribution in [0.3, 0.4) is 0 Å². The first-order chi connectivity index (χ1) is 9.87. The van der Waals surface area contributed by atoms with Gasteiger partial charge in [-0.1, -0.05) is 6.92 Å². The summed E-state index contributed by atoms with van der Waals surface area (Å²) >= 11 is 0. The Bertz CT molecular complexity index is 730. The molecule has 0 aliphatic carbocycles. The van der Waals surface area contributed by atoms with Crippen LogP contribution in [-0.4, -0.2) is 22.8 Å². The average molecular weight is 311 g/mol. The van der Waals surface area contributed by atoms with E-state index in [9.17, 15) is 8.42 Å². The van der Waals surface area contributed by atoms with E-state index in [0.717, 1.165) is 18.7 Å². The average Bonchev–Trinajstić information content (AvgIpc) is 2.94. The van der Waals surface area contributed by atoms with E-state index in [1.807, 2.05) is 11.5 Å². The molecule has 0 aliphatic rings. The van der Waals surface area contributed by atoms with E-state index in [1.54, 1.807) is 37.1 Å². The van der Waals surface area contributed by atoms with Gasteiger partial charge in [-0.05, 0) is 19.4 Å². The Kier molecular flexibility index (Phi) is 4.38. The van der Waals surface area contributed by atoms with Crippen LogP contribution >= 0.6 is 0 Å². The molecule has 0 saturated carbocycles. The molecule has 2 rings (SSSR count). The fourth-order valence-electron chi connectivity index (χ4n) is 2.20. The predicted octanol–water partition coefficient (Wildman–Crippen LogP) is 1.20. The van der Waals surface area contributed by atoms with Gasteiger partial charge in [0.25, 0.3) is 10.0 Å². The highest BCUT2D eigenvalue weighted by molar-refractivity contribution is 7.92. The molecule has 21 heavy (non-hydrogen) atoms. The van der Waals surface area contributed by atoms with Gasteiger partial charge in [-0.2, -0.15) is 5.10 Å². The van der Waals surface area contributed by atoms with E-state index in [0.29, 0.717) is 17.9 Å². The Hall–Kier alpha value is -1.80. The minimum Gasteiger partial charge on any atom is -0.349 e. The van der Waals surface area contributed by atoms with Crippen molar-refractivity contribution in [3.63, 3.8) is 0 Å². The second-order valence-electron chi connectivity index (χ2n) is 4.97. The minimum atomic E-state index is -3.63. The summed E-state index contributed by atoms with van der Waals surface area (Å²) in [6.45, 7) is 4.84. The molecular weight excluding hydrogens is 290 g/mol. The summed E-state index contributed by atoms with van der Waals surface area (Å²) < 4.78 is 30.9. The van der Waals surface area contributed by atoms with Crippen LogP contribution in [0, 0.1) is 6.92 Å². The molecule has 0 amide bonds.